The minimum absolute atomic E-state index is 0.266. The lowest BCUT2D eigenvalue weighted by Crippen LogP contribution is -2.15. The Morgan fingerprint density at radius 1 is 1.21 bits per heavy atom. The molecule has 8 nitrogen and oxygen atoms in total. The molecule has 4 rings (SSSR count). The highest BCUT2D eigenvalue weighted by molar-refractivity contribution is 6.03. The summed E-state index contributed by atoms with van der Waals surface area (Å²) in [4.78, 5) is 20.6. The number of fused-ring (bicyclic) bond motifs is 1. The van der Waals surface area contributed by atoms with Gasteiger partial charge < -0.3 is 9.84 Å². The summed E-state index contributed by atoms with van der Waals surface area (Å²) in [6.45, 7) is 0. The molecule has 1 N–H and O–H groups in total. The zero-order chi connectivity index (χ0) is 16.4. The third kappa shape index (κ3) is 2.78. The Morgan fingerprint density at radius 2 is 2.12 bits per heavy atom. The van der Waals surface area contributed by atoms with E-state index in [0.717, 1.165) is 43.4 Å². The lowest BCUT2D eigenvalue weighted by Gasteiger charge is -2.05. The van der Waals surface area contributed by atoms with Gasteiger partial charge in [-0.05, 0) is 31.4 Å². The van der Waals surface area contributed by atoms with E-state index in [2.05, 4.69) is 25.5 Å². The van der Waals surface area contributed by atoms with Crippen molar-refractivity contribution in [1.29, 1.82) is 0 Å². The van der Waals surface area contributed by atoms with E-state index in [0.29, 0.717) is 17.2 Å². The van der Waals surface area contributed by atoms with Crippen LogP contribution in [0.25, 0.3) is 5.82 Å². The molecule has 0 radical (unpaired) electrons. The van der Waals surface area contributed by atoms with Gasteiger partial charge in [0.15, 0.2) is 11.5 Å². The summed E-state index contributed by atoms with van der Waals surface area (Å²) >= 11 is 0. The third-order valence-electron chi connectivity index (χ3n) is 4.07. The third-order valence-corrected chi connectivity index (χ3v) is 4.07. The number of anilines is 1. The van der Waals surface area contributed by atoms with E-state index in [4.69, 9.17) is 4.52 Å². The van der Waals surface area contributed by atoms with Crippen molar-refractivity contribution < 1.29 is 9.32 Å². The number of carbonyl (C=O) groups is 1. The van der Waals surface area contributed by atoms with Gasteiger partial charge in [-0.15, -0.1) is 0 Å². The molecule has 0 saturated carbocycles. The molecule has 3 heterocycles. The molecule has 3 aromatic rings. The number of nitrogens with one attached hydrogen (secondary N) is 1. The van der Waals surface area contributed by atoms with Gasteiger partial charge in [0, 0.05) is 12.0 Å². The van der Waals surface area contributed by atoms with Gasteiger partial charge >= 0.3 is 0 Å². The second kappa shape index (κ2) is 6.23. The molecule has 1 aliphatic rings. The van der Waals surface area contributed by atoms with Crippen LogP contribution in [0.1, 0.15) is 41.1 Å². The number of rotatable bonds is 3. The summed E-state index contributed by atoms with van der Waals surface area (Å²) in [6.07, 6.45) is 9.56. The Balaban J connectivity index is 1.51. The monoisotopic (exact) mass is 324 g/mol. The van der Waals surface area contributed by atoms with Gasteiger partial charge in [-0.1, -0.05) is 11.6 Å². The van der Waals surface area contributed by atoms with E-state index in [9.17, 15) is 4.79 Å². The molecular formula is C16H16N6O2. The summed E-state index contributed by atoms with van der Waals surface area (Å²) < 4.78 is 6.89. The Bertz CT molecular complexity index is 838. The zero-order valence-corrected chi connectivity index (χ0v) is 13.0. The topological polar surface area (TPSA) is 98.7 Å². The maximum Gasteiger partial charge on any atom is 0.278 e. The average Bonchev–Trinajstić information content (AvgIpc) is 3.21. The van der Waals surface area contributed by atoms with Gasteiger partial charge in [0.1, 0.15) is 18.4 Å². The number of aryl methyl sites for hydroxylation is 1. The molecule has 0 saturated heterocycles. The Kier molecular flexibility index (Phi) is 3.78. The van der Waals surface area contributed by atoms with Crippen LogP contribution in [0.4, 0.5) is 5.69 Å². The van der Waals surface area contributed by atoms with Gasteiger partial charge in [-0.2, -0.15) is 5.10 Å². The van der Waals surface area contributed by atoms with E-state index < -0.39 is 0 Å². The van der Waals surface area contributed by atoms with Crippen LogP contribution in [0.2, 0.25) is 0 Å². The van der Waals surface area contributed by atoms with Crippen LogP contribution in [-0.4, -0.2) is 30.8 Å². The molecule has 0 spiro atoms. The zero-order valence-electron chi connectivity index (χ0n) is 13.0. The minimum Gasteiger partial charge on any atom is -0.360 e. The van der Waals surface area contributed by atoms with Crippen molar-refractivity contribution in [2.45, 2.75) is 32.1 Å². The summed E-state index contributed by atoms with van der Waals surface area (Å²) in [6, 6.07) is 3.52. The second-order valence-corrected chi connectivity index (χ2v) is 5.69. The summed E-state index contributed by atoms with van der Waals surface area (Å²) in [5.74, 6) is 1.20. The van der Waals surface area contributed by atoms with Gasteiger partial charge in [0.05, 0.1) is 11.9 Å². The SMILES string of the molecule is O=C(Nc1ccc(-n2cncn2)nc1)c1noc2c1CCCCC2. The minimum atomic E-state index is -0.266. The number of hydrogen-bond acceptors (Lipinski definition) is 6. The van der Waals surface area contributed by atoms with E-state index in [1.54, 1.807) is 29.3 Å². The van der Waals surface area contributed by atoms with Crippen molar-refractivity contribution >= 4 is 11.6 Å². The Labute approximate surface area is 137 Å². The van der Waals surface area contributed by atoms with Crippen molar-refractivity contribution in [2.75, 3.05) is 5.32 Å². The molecule has 1 aliphatic carbocycles. The Hall–Kier alpha value is -3.03. The highest BCUT2D eigenvalue weighted by atomic mass is 16.5. The van der Waals surface area contributed by atoms with E-state index in [1.165, 1.54) is 6.33 Å². The maximum absolute atomic E-state index is 12.5. The van der Waals surface area contributed by atoms with Crippen LogP contribution < -0.4 is 5.32 Å². The van der Waals surface area contributed by atoms with Crippen LogP contribution >= 0.6 is 0 Å². The van der Waals surface area contributed by atoms with E-state index >= 15 is 0 Å². The predicted molar refractivity (Wildman–Crippen MR) is 84.9 cm³/mol. The van der Waals surface area contributed by atoms with Crippen LogP contribution in [0.5, 0.6) is 0 Å². The molecule has 0 fully saturated rings. The number of nitrogens with zero attached hydrogens (tertiary/aromatic N) is 5. The normalized spacial score (nSPS) is 14.0. The van der Waals surface area contributed by atoms with Crippen molar-refractivity contribution in [1.82, 2.24) is 24.9 Å². The molecular weight excluding hydrogens is 308 g/mol. The fourth-order valence-corrected chi connectivity index (χ4v) is 2.85. The number of hydrogen-bond donors (Lipinski definition) is 1. The lowest BCUT2D eigenvalue weighted by molar-refractivity contribution is 0.101. The number of amides is 1. The van der Waals surface area contributed by atoms with E-state index in [1.807, 2.05) is 0 Å². The highest BCUT2D eigenvalue weighted by Gasteiger charge is 2.23. The second-order valence-electron chi connectivity index (χ2n) is 5.69. The molecule has 8 heteroatoms. The Morgan fingerprint density at radius 3 is 2.92 bits per heavy atom. The molecule has 122 valence electrons. The fraction of sp³-hybridized carbons (Fsp3) is 0.312. The number of pyridine rings is 1. The van der Waals surface area contributed by atoms with Gasteiger partial charge in [0.25, 0.3) is 5.91 Å². The lowest BCUT2D eigenvalue weighted by atomic mass is 10.1. The summed E-state index contributed by atoms with van der Waals surface area (Å²) in [5, 5.41) is 10.8. The fourth-order valence-electron chi connectivity index (χ4n) is 2.85. The van der Waals surface area contributed by atoms with Crippen LogP contribution in [0.15, 0.2) is 35.5 Å². The smallest absolute Gasteiger partial charge is 0.278 e. The number of aromatic nitrogens is 5. The van der Waals surface area contributed by atoms with Crippen molar-refractivity contribution in [2.24, 2.45) is 0 Å². The summed E-state index contributed by atoms with van der Waals surface area (Å²) in [5.41, 5.74) is 1.92. The summed E-state index contributed by atoms with van der Waals surface area (Å²) in [7, 11) is 0. The van der Waals surface area contributed by atoms with Crippen LogP contribution in [0.3, 0.4) is 0 Å². The van der Waals surface area contributed by atoms with Crippen LogP contribution in [-0.2, 0) is 12.8 Å². The molecule has 3 aromatic heterocycles. The standard InChI is InChI=1S/C16H16N6O2/c23-16(15-12-4-2-1-3-5-13(12)24-21-15)20-11-6-7-14(18-8-11)22-10-17-9-19-22/h6-10H,1-5H2,(H,20,23). The largest absolute Gasteiger partial charge is 0.360 e. The molecule has 0 aromatic carbocycles. The van der Waals surface area contributed by atoms with Crippen molar-refractivity contribution in [3.63, 3.8) is 0 Å². The van der Waals surface area contributed by atoms with Crippen LogP contribution in [0, 0.1) is 0 Å². The first-order valence-corrected chi connectivity index (χ1v) is 7.91. The van der Waals surface area contributed by atoms with Crippen molar-refractivity contribution in [3.8, 4) is 5.82 Å². The molecule has 0 bridgehead atoms. The molecule has 0 unspecified atom stereocenters. The average molecular weight is 324 g/mol. The van der Waals surface area contributed by atoms with Gasteiger partial charge in [-0.25, -0.2) is 14.6 Å². The first kappa shape index (κ1) is 14.6. The van der Waals surface area contributed by atoms with Gasteiger partial charge in [-0.3, -0.25) is 4.79 Å². The number of carbonyl (C=O) groups excluding carboxylic acids is 1. The molecule has 0 aliphatic heterocycles. The van der Waals surface area contributed by atoms with Crippen molar-refractivity contribution in [3.05, 3.63) is 48.0 Å². The first-order valence-electron chi connectivity index (χ1n) is 7.91. The van der Waals surface area contributed by atoms with Gasteiger partial charge in [0.2, 0.25) is 0 Å². The predicted octanol–water partition coefficient (Wildman–Crippen LogP) is 2.17. The molecule has 24 heavy (non-hydrogen) atoms. The molecule has 0 atom stereocenters. The quantitative estimate of drug-likeness (QED) is 0.741. The molecule has 1 amide bonds. The highest BCUT2D eigenvalue weighted by Crippen LogP contribution is 2.24. The van der Waals surface area contributed by atoms with E-state index in [-0.39, 0.29) is 5.91 Å². The maximum atomic E-state index is 12.5. The first-order chi connectivity index (χ1) is 11.8.